The second-order valence-electron chi connectivity index (χ2n) is 5.36. The Kier molecular flexibility index (Phi) is 5.60. The topological polar surface area (TPSA) is 67.4 Å². The fourth-order valence-corrected chi connectivity index (χ4v) is 2.58. The predicted octanol–water partition coefficient (Wildman–Crippen LogP) is 2.47. The van der Waals surface area contributed by atoms with Crippen LogP contribution >= 0.6 is 0 Å². The van der Waals surface area contributed by atoms with E-state index in [2.05, 4.69) is 10.6 Å². The Balaban J connectivity index is 1.78. The van der Waals surface area contributed by atoms with Crippen LogP contribution < -0.4 is 15.4 Å². The first-order chi connectivity index (χ1) is 10.2. The van der Waals surface area contributed by atoms with Gasteiger partial charge in [0.1, 0.15) is 12.2 Å². The van der Waals surface area contributed by atoms with Gasteiger partial charge < -0.3 is 15.4 Å². The first kappa shape index (κ1) is 15.4. The molecule has 1 saturated carbocycles. The molecule has 1 aliphatic rings. The van der Waals surface area contributed by atoms with Crippen LogP contribution in [0.15, 0.2) is 24.3 Å². The summed E-state index contributed by atoms with van der Waals surface area (Å²) in [5, 5.41) is 5.64. The molecule has 0 atom stereocenters. The lowest BCUT2D eigenvalue weighted by atomic mass is 9.95. The van der Waals surface area contributed by atoms with Crippen LogP contribution in [0.5, 0.6) is 5.75 Å². The van der Waals surface area contributed by atoms with Crippen molar-refractivity contribution in [3.05, 3.63) is 24.3 Å². The maximum absolute atomic E-state index is 11.9. The third-order valence-corrected chi connectivity index (χ3v) is 3.64. The van der Waals surface area contributed by atoms with Crippen LogP contribution in [-0.2, 0) is 9.59 Å². The Hall–Kier alpha value is -2.04. The highest BCUT2D eigenvalue weighted by Crippen LogP contribution is 2.18. The number of anilines is 1. The van der Waals surface area contributed by atoms with Gasteiger partial charge in [0.2, 0.25) is 11.8 Å². The van der Waals surface area contributed by atoms with Gasteiger partial charge in [-0.25, -0.2) is 0 Å². The number of carbonyl (C=O) groups is 2. The van der Waals surface area contributed by atoms with Crippen LogP contribution in [0.4, 0.5) is 5.69 Å². The van der Waals surface area contributed by atoms with E-state index in [0.29, 0.717) is 11.4 Å². The second kappa shape index (κ2) is 7.67. The van der Waals surface area contributed by atoms with Crippen molar-refractivity contribution in [3.63, 3.8) is 0 Å². The van der Waals surface area contributed by atoms with E-state index in [1.165, 1.54) is 6.42 Å². The SMILES string of the molecule is COc1cccc(NC(=O)CC(=O)NC2CCCCC2)c1. The van der Waals surface area contributed by atoms with Gasteiger partial charge in [-0.3, -0.25) is 9.59 Å². The number of carbonyl (C=O) groups excluding carboxylic acids is 2. The van der Waals surface area contributed by atoms with Gasteiger partial charge in [-0.15, -0.1) is 0 Å². The summed E-state index contributed by atoms with van der Waals surface area (Å²) in [6, 6.07) is 7.30. The van der Waals surface area contributed by atoms with Crippen LogP contribution in [0.2, 0.25) is 0 Å². The summed E-state index contributed by atoms with van der Waals surface area (Å²) in [6.07, 6.45) is 5.44. The average Bonchev–Trinajstić information content (AvgIpc) is 2.48. The molecule has 114 valence electrons. The van der Waals surface area contributed by atoms with Crippen molar-refractivity contribution in [2.24, 2.45) is 0 Å². The van der Waals surface area contributed by atoms with Crippen molar-refractivity contribution >= 4 is 17.5 Å². The number of amides is 2. The van der Waals surface area contributed by atoms with E-state index in [1.807, 2.05) is 0 Å². The molecule has 0 spiro atoms. The molecule has 0 heterocycles. The highest BCUT2D eigenvalue weighted by molar-refractivity contribution is 6.03. The van der Waals surface area contributed by atoms with Gasteiger partial charge in [0.05, 0.1) is 7.11 Å². The predicted molar refractivity (Wildman–Crippen MR) is 81.3 cm³/mol. The number of hydrogen-bond donors (Lipinski definition) is 2. The zero-order valence-corrected chi connectivity index (χ0v) is 12.4. The molecule has 0 unspecified atom stereocenters. The molecule has 1 fully saturated rings. The minimum atomic E-state index is -0.309. The second-order valence-corrected chi connectivity index (χ2v) is 5.36. The molecular formula is C16H22N2O3. The molecule has 1 aliphatic carbocycles. The smallest absolute Gasteiger partial charge is 0.233 e. The number of methoxy groups -OCH3 is 1. The first-order valence-corrected chi connectivity index (χ1v) is 7.40. The average molecular weight is 290 g/mol. The number of rotatable bonds is 5. The van der Waals surface area contributed by atoms with Gasteiger partial charge in [0.25, 0.3) is 0 Å². The lowest BCUT2D eigenvalue weighted by Crippen LogP contribution is -2.37. The highest BCUT2D eigenvalue weighted by Gasteiger charge is 2.17. The zero-order chi connectivity index (χ0) is 15.1. The van der Waals surface area contributed by atoms with Crippen LogP contribution in [-0.4, -0.2) is 25.0 Å². The van der Waals surface area contributed by atoms with Crippen LogP contribution in [0.3, 0.4) is 0 Å². The molecule has 0 aromatic heterocycles. The lowest BCUT2D eigenvalue weighted by Gasteiger charge is -2.22. The molecule has 1 aromatic rings. The van der Waals surface area contributed by atoms with Crippen LogP contribution in [0.1, 0.15) is 38.5 Å². The minimum absolute atomic E-state index is 0.145. The van der Waals surface area contributed by atoms with Crippen LogP contribution in [0, 0.1) is 0 Å². The fraction of sp³-hybridized carbons (Fsp3) is 0.500. The van der Waals surface area contributed by atoms with E-state index in [1.54, 1.807) is 31.4 Å². The molecule has 0 radical (unpaired) electrons. The van der Waals surface area contributed by atoms with Crippen molar-refractivity contribution in [2.45, 2.75) is 44.6 Å². The highest BCUT2D eigenvalue weighted by atomic mass is 16.5. The molecule has 0 bridgehead atoms. The van der Waals surface area contributed by atoms with Crippen molar-refractivity contribution in [1.82, 2.24) is 5.32 Å². The Labute approximate surface area is 125 Å². The van der Waals surface area contributed by atoms with E-state index in [9.17, 15) is 9.59 Å². The molecule has 2 amide bonds. The molecule has 1 aromatic carbocycles. The quantitative estimate of drug-likeness (QED) is 0.819. The van der Waals surface area contributed by atoms with E-state index in [-0.39, 0.29) is 24.3 Å². The molecule has 5 nitrogen and oxygen atoms in total. The van der Waals surface area contributed by atoms with Gasteiger partial charge in [-0.05, 0) is 25.0 Å². The molecule has 5 heteroatoms. The van der Waals surface area contributed by atoms with Gasteiger partial charge in [-0.2, -0.15) is 0 Å². The summed E-state index contributed by atoms with van der Waals surface area (Å²) < 4.78 is 5.09. The third kappa shape index (κ3) is 5.10. The van der Waals surface area contributed by atoms with Crippen molar-refractivity contribution in [1.29, 1.82) is 0 Å². The van der Waals surface area contributed by atoms with E-state index in [4.69, 9.17) is 4.74 Å². The van der Waals surface area contributed by atoms with Crippen molar-refractivity contribution in [3.8, 4) is 5.75 Å². The maximum atomic E-state index is 11.9. The Morgan fingerprint density at radius 2 is 1.95 bits per heavy atom. The first-order valence-electron chi connectivity index (χ1n) is 7.40. The van der Waals surface area contributed by atoms with Crippen molar-refractivity contribution < 1.29 is 14.3 Å². The molecule has 21 heavy (non-hydrogen) atoms. The van der Waals surface area contributed by atoms with Gasteiger partial charge in [0.15, 0.2) is 0 Å². The van der Waals surface area contributed by atoms with Gasteiger partial charge in [-0.1, -0.05) is 25.3 Å². The number of hydrogen-bond acceptors (Lipinski definition) is 3. The van der Waals surface area contributed by atoms with E-state index >= 15 is 0 Å². The lowest BCUT2D eigenvalue weighted by molar-refractivity contribution is -0.127. The minimum Gasteiger partial charge on any atom is -0.497 e. The number of benzene rings is 1. The summed E-state index contributed by atoms with van der Waals surface area (Å²) in [6.45, 7) is 0. The van der Waals surface area contributed by atoms with Gasteiger partial charge in [0, 0.05) is 17.8 Å². The van der Waals surface area contributed by atoms with E-state index < -0.39 is 0 Å². The summed E-state index contributed by atoms with van der Waals surface area (Å²) in [4.78, 5) is 23.7. The Morgan fingerprint density at radius 3 is 2.67 bits per heavy atom. The molecule has 0 saturated heterocycles. The fourth-order valence-electron chi connectivity index (χ4n) is 2.58. The van der Waals surface area contributed by atoms with Crippen LogP contribution in [0.25, 0.3) is 0 Å². The number of nitrogens with one attached hydrogen (secondary N) is 2. The summed E-state index contributed by atoms with van der Waals surface area (Å²) >= 11 is 0. The van der Waals surface area contributed by atoms with Crippen molar-refractivity contribution in [2.75, 3.05) is 12.4 Å². The molecular weight excluding hydrogens is 268 g/mol. The zero-order valence-electron chi connectivity index (χ0n) is 12.4. The summed E-state index contributed by atoms with van der Waals surface area (Å²) in [7, 11) is 1.57. The number of ether oxygens (including phenoxy) is 1. The molecule has 2 rings (SSSR count). The largest absolute Gasteiger partial charge is 0.497 e. The Bertz CT molecular complexity index is 496. The monoisotopic (exact) mass is 290 g/mol. The maximum Gasteiger partial charge on any atom is 0.233 e. The molecule has 0 aliphatic heterocycles. The summed E-state index contributed by atoms with van der Waals surface area (Å²) in [5.41, 5.74) is 0.629. The Morgan fingerprint density at radius 1 is 1.19 bits per heavy atom. The summed E-state index contributed by atoms with van der Waals surface area (Å²) in [5.74, 6) is 0.151. The standard InChI is InChI=1S/C16H22N2O3/c1-21-14-9-5-8-13(10-14)18-16(20)11-15(19)17-12-6-3-2-4-7-12/h5,8-10,12H,2-4,6-7,11H2,1H3,(H,17,19)(H,18,20). The third-order valence-electron chi connectivity index (χ3n) is 3.64. The molecule has 2 N–H and O–H groups in total. The van der Waals surface area contributed by atoms with Gasteiger partial charge >= 0.3 is 0 Å². The normalized spacial score (nSPS) is 15.3. The van der Waals surface area contributed by atoms with E-state index in [0.717, 1.165) is 25.7 Å².